The van der Waals surface area contributed by atoms with E-state index in [9.17, 15) is 8.42 Å². The van der Waals surface area contributed by atoms with Crippen molar-refractivity contribution in [1.82, 2.24) is 9.71 Å². The summed E-state index contributed by atoms with van der Waals surface area (Å²) < 4.78 is 39.4. The van der Waals surface area contributed by atoms with Crippen LogP contribution in [0.3, 0.4) is 0 Å². The summed E-state index contributed by atoms with van der Waals surface area (Å²) in [5, 5.41) is 1.91. The molecule has 0 radical (unpaired) electrons. The second kappa shape index (κ2) is 7.71. The van der Waals surface area contributed by atoms with Crippen LogP contribution in [0.1, 0.15) is 17.7 Å². The summed E-state index contributed by atoms with van der Waals surface area (Å²) in [6.45, 7) is 3.01. The molecule has 0 aliphatic carbocycles. The minimum absolute atomic E-state index is 0.301. The van der Waals surface area contributed by atoms with Gasteiger partial charge in [-0.1, -0.05) is 18.2 Å². The van der Waals surface area contributed by atoms with E-state index in [0.717, 1.165) is 11.3 Å². The number of benzene rings is 1. The lowest BCUT2D eigenvalue weighted by molar-refractivity contribution is -0.0717. The minimum atomic E-state index is -3.59. The van der Waals surface area contributed by atoms with Crippen LogP contribution in [0.4, 0.5) is 0 Å². The molecule has 1 saturated heterocycles. The number of nitrogens with zero attached hydrogens (tertiary/aromatic N) is 1. The van der Waals surface area contributed by atoms with Crippen molar-refractivity contribution < 1.29 is 17.9 Å². The number of nitrogens with one attached hydrogen (secondary N) is 1. The third-order valence-electron chi connectivity index (χ3n) is 3.92. The summed E-state index contributed by atoms with van der Waals surface area (Å²) in [4.78, 5) is 4.47. The molecule has 2 heterocycles. The predicted octanol–water partition coefficient (Wildman–Crippen LogP) is 2.10. The molecule has 24 heavy (non-hydrogen) atoms. The van der Waals surface area contributed by atoms with Gasteiger partial charge in [0.05, 0.1) is 41.5 Å². The van der Waals surface area contributed by atoms with Gasteiger partial charge in [-0.15, -0.1) is 11.3 Å². The number of aryl methyl sites for hydroxylation is 1. The Morgan fingerprint density at radius 1 is 1.42 bits per heavy atom. The molecular weight excluding hydrogens is 348 g/mol. The van der Waals surface area contributed by atoms with E-state index in [1.54, 1.807) is 30.6 Å². The molecule has 1 N–H and O–H groups in total. The molecule has 1 fully saturated rings. The maximum Gasteiger partial charge on any atom is 0.241 e. The van der Waals surface area contributed by atoms with Crippen LogP contribution < -0.4 is 4.72 Å². The molecule has 2 atom stereocenters. The summed E-state index contributed by atoms with van der Waals surface area (Å²) >= 11 is 1.50. The standard InChI is InChI=1S/C16H20N2O4S2/c1-12-4-2-3-5-16(12)24(19,20)18-14-6-7-21-9-15(14)22-8-13-10-23-11-17-13/h2-5,10-11,14-15,18H,6-9H2,1H3/t14-,15-/m1/s1. The average Bonchev–Trinajstić information content (AvgIpc) is 3.07. The summed E-state index contributed by atoms with van der Waals surface area (Å²) in [6, 6.07) is 6.63. The van der Waals surface area contributed by atoms with Gasteiger partial charge < -0.3 is 9.47 Å². The van der Waals surface area contributed by atoms with Gasteiger partial charge in [-0.05, 0) is 25.0 Å². The lowest BCUT2D eigenvalue weighted by Crippen LogP contribution is -2.49. The van der Waals surface area contributed by atoms with Crippen molar-refractivity contribution in [3.63, 3.8) is 0 Å². The monoisotopic (exact) mass is 368 g/mol. The molecule has 0 saturated carbocycles. The summed E-state index contributed by atoms with van der Waals surface area (Å²) in [6.07, 6.45) is 0.242. The SMILES string of the molecule is Cc1ccccc1S(=O)(=O)N[C@@H]1CCOC[C@H]1OCc1cscn1. The second-order valence-electron chi connectivity index (χ2n) is 5.69. The van der Waals surface area contributed by atoms with Crippen molar-refractivity contribution in [2.75, 3.05) is 13.2 Å². The largest absolute Gasteiger partial charge is 0.379 e. The molecule has 1 aromatic heterocycles. The van der Waals surface area contributed by atoms with E-state index in [1.165, 1.54) is 11.3 Å². The highest BCUT2D eigenvalue weighted by atomic mass is 32.2. The van der Waals surface area contributed by atoms with Gasteiger partial charge in [0.2, 0.25) is 10.0 Å². The Morgan fingerprint density at radius 3 is 3.00 bits per heavy atom. The maximum atomic E-state index is 12.7. The Balaban J connectivity index is 1.70. The fraction of sp³-hybridized carbons (Fsp3) is 0.438. The molecule has 1 aliphatic heterocycles. The molecule has 0 bridgehead atoms. The first-order chi connectivity index (χ1) is 11.6. The fourth-order valence-corrected chi connectivity index (χ4v) is 4.72. The summed E-state index contributed by atoms with van der Waals surface area (Å²) in [5.41, 5.74) is 3.30. The van der Waals surface area contributed by atoms with Crippen LogP contribution >= 0.6 is 11.3 Å². The molecule has 1 aromatic carbocycles. The molecule has 1 aliphatic rings. The zero-order valence-corrected chi connectivity index (χ0v) is 15.0. The topological polar surface area (TPSA) is 77.5 Å². The maximum absolute atomic E-state index is 12.7. The molecule has 3 rings (SSSR count). The Morgan fingerprint density at radius 2 is 2.25 bits per heavy atom. The van der Waals surface area contributed by atoms with Crippen molar-refractivity contribution in [3.05, 3.63) is 46.4 Å². The molecule has 8 heteroatoms. The van der Waals surface area contributed by atoms with Crippen LogP contribution in [0.5, 0.6) is 0 Å². The molecule has 6 nitrogen and oxygen atoms in total. The lowest BCUT2D eigenvalue weighted by Gasteiger charge is -2.31. The van der Waals surface area contributed by atoms with Crippen LogP contribution in [0.2, 0.25) is 0 Å². The summed E-state index contributed by atoms with van der Waals surface area (Å²) in [7, 11) is -3.59. The first kappa shape index (κ1) is 17.5. The van der Waals surface area contributed by atoms with E-state index >= 15 is 0 Å². The van der Waals surface area contributed by atoms with Gasteiger partial charge in [0.25, 0.3) is 0 Å². The second-order valence-corrected chi connectivity index (χ2v) is 8.09. The van der Waals surface area contributed by atoms with Crippen LogP contribution in [0.25, 0.3) is 0 Å². The van der Waals surface area contributed by atoms with Crippen LogP contribution in [-0.4, -0.2) is 38.8 Å². The average molecular weight is 368 g/mol. The first-order valence-electron chi connectivity index (χ1n) is 7.70. The van der Waals surface area contributed by atoms with E-state index in [1.807, 2.05) is 11.4 Å². The number of rotatable bonds is 6. The normalized spacial score (nSPS) is 21.7. The minimum Gasteiger partial charge on any atom is -0.379 e. The quantitative estimate of drug-likeness (QED) is 0.845. The van der Waals surface area contributed by atoms with E-state index < -0.39 is 10.0 Å². The van der Waals surface area contributed by atoms with Gasteiger partial charge in [0.15, 0.2) is 0 Å². The Bertz CT molecular complexity index is 762. The predicted molar refractivity (Wildman–Crippen MR) is 91.4 cm³/mol. The van der Waals surface area contributed by atoms with Gasteiger partial charge in [-0.2, -0.15) is 0 Å². The molecule has 0 amide bonds. The third kappa shape index (κ3) is 4.20. The smallest absolute Gasteiger partial charge is 0.241 e. The molecule has 0 spiro atoms. The third-order valence-corrected chi connectivity index (χ3v) is 6.21. The zero-order valence-electron chi connectivity index (χ0n) is 13.3. The Kier molecular flexibility index (Phi) is 5.62. The van der Waals surface area contributed by atoms with Crippen LogP contribution in [0, 0.1) is 6.92 Å². The number of aromatic nitrogens is 1. The number of sulfonamides is 1. The van der Waals surface area contributed by atoms with Crippen molar-refractivity contribution in [1.29, 1.82) is 0 Å². The number of hydrogen-bond acceptors (Lipinski definition) is 6. The van der Waals surface area contributed by atoms with Gasteiger partial charge in [0.1, 0.15) is 0 Å². The zero-order chi connectivity index (χ0) is 17.0. The van der Waals surface area contributed by atoms with Crippen molar-refractivity contribution >= 4 is 21.4 Å². The van der Waals surface area contributed by atoms with E-state index in [4.69, 9.17) is 9.47 Å². The van der Waals surface area contributed by atoms with E-state index in [2.05, 4.69) is 9.71 Å². The molecule has 130 valence electrons. The highest BCUT2D eigenvalue weighted by Gasteiger charge is 2.31. The number of thiazole rings is 1. The Hall–Kier alpha value is -1.32. The summed E-state index contributed by atoms with van der Waals surface area (Å²) in [5.74, 6) is 0. The van der Waals surface area contributed by atoms with Crippen LogP contribution in [-0.2, 0) is 26.1 Å². The highest BCUT2D eigenvalue weighted by molar-refractivity contribution is 7.89. The number of hydrogen-bond donors (Lipinski definition) is 1. The number of ether oxygens (including phenoxy) is 2. The molecule has 0 unspecified atom stereocenters. The van der Waals surface area contributed by atoms with Gasteiger partial charge in [0, 0.05) is 12.0 Å². The van der Waals surface area contributed by atoms with Gasteiger partial charge in [-0.25, -0.2) is 18.1 Å². The van der Waals surface area contributed by atoms with Gasteiger partial charge >= 0.3 is 0 Å². The van der Waals surface area contributed by atoms with Gasteiger partial charge in [-0.3, -0.25) is 0 Å². The van der Waals surface area contributed by atoms with E-state index in [0.29, 0.717) is 31.1 Å². The van der Waals surface area contributed by atoms with Crippen molar-refractivity contribution in [2.45, 2.75) is 37.0 Å². The Labute approximate surface area is 145 Å². The van der Waals surface area contributed by atoms with Crippen molar-refractivity contribution in [2.24, 2.45) is 0 Å². The fourth-order valence-electron chi connectivity index (χ4n) is 2.63. The first-order valence-corrected chi connectivity index (χ1v) is 10.1. The highest BCUT2D eigenvalue weighted by Crippen LogP contribution is 2.19. The molecule has 2 aromatic rings. The molecular formula is C16H20N2O4S2. The van der Waals surface area contributed by atoms with E-state index in [-0.39, 0.29) is 12.1 Å². The van der Waals surface area contributed by atoms with Crippen molar-refractivity contribution in [3.8, 4) is 0 Å². The van der Waals surface area contributed by atoms with Crippen LogP contribution in [0.15, 0.2) is 40.1 Å². The lowest BCUT2D eigenvalue weighted by atomic mass is 10.1.